The van der Waals surface area contributed by atoms with E-state index in [-0.39, 0.29) is 55.0 Å². The lowest BCUT2D eigenvalue weighted by Gasteiger charge is -2.45. The van der Waals surface area contributed by atoms with E-state index in [1.807, 2.05) is 6.92 Å². The van der Waals surface area contributed by atoms with E-state index in [2.05, 4.69) is 65.2 Å². The number of imidazole rings is 2. The molecular formula is C23H27N11O8P2S2. The van der Waals surface area contributed by atoms with Crippen molar-refractivity contribution < 1.29 is 36.8 Å². The van der Waals surface area contributed by atoms with Gasteiger partial charge in [0.15, 0.2) is 29.0 Å². The maximum absolute atomic E-state index is 13.6. The molecule has 2 saturated heterocycles. The molecule has 8 rings (SSSR count). The molecule has 1 aliphatic carbocycles. The van der Waals surface area contributed by atoms with Gasteiger partial charge in [0, 0.05) is 17.9 Å². The number of aromatic nitrogens is 6. The zero-order valence-corrected chi connectivity index (χ0v) is 27.4. The van der Waals surface area contributed by atoms with Gasteiger partial charge in [0.05, 0.1) is 32.5 Å². The number of hydrogen-bond donors (Lipinski definition) is 4. The third-order valence-corrected chi connectivity index (χ3v) is 12.2. The van der Waals surface area contributed by atoms with Gasteiger partial charge < -0.3 is 29.4 Å². The molecule has 7 heterocycles. The number of carbonyl (C=O) groups is 1. The molecule has 0 aromatic carbocycles. The van der Waals surface area contributed by atoms with Crippen LogP contribution in [0.3, 0.4) is 0 Å². The Morgan fingerprint density at radius 2 is 1.80 bits per heavy atom. The number of carbonyl (C=O) groups excluding carboxylic acids is 1. The molecule has 0 amide bonds. The van der Waals surface area contributed by atoms with Gasteiger partial charge in [0.25, 0.3) is 0 Å². The van der Waals surface area contributed by atoms with E-state index in [1.54, 1.807) is 15.5 Å². The number of ketones is 1. The van der Waals surface area contributed by atoms with Gasteiger partial charge >= 0.3 is 13.6 Å². The van der Waals surface area contributed by atoms with E-state index < -0.39 is 44.0 Å². The second kappa shape index (κ2) is 11.2. The number of anilines is 2. The number of rotatable bonds is 2. The number of nitrogens with zero attached hydrogens (tertiary/aromatic N) is 9. The summed E-state index contributed by atoms with van der Waals surface area (Å²) in [5.74, 6) is -0.350. The Morgan fingerprint density at radius 3 is 2.65 bits per heavy atom. The van der Waals surface area contributed by atoms with Crippen molar-refractivity contribution in [2.24, 2.45) is 33.2 Å². The first kappa shape index (κ1) is 30.6. The summed E-state index contributed by atoms with van der Waals surface area (Å²) in [7, 11) is 0. The van der Waals surface area contributed by atoms with Gasteiger partial charge in [-0.1, -0.05) is 31.4 Å². The minimum absolute atomic E-state index is 0.00275. The second-order valence-corrected chi connectivity index (χ2v) is 17.4. The molecule has 3 aromatic rings. The number of nitrogens with two attached hydrogens (primary N) is 1. The first-order chi connectivity index (χ1) is 22.0. The molecule has 23 heteroatoms. The lowest BCUT2D eigenvalue weighted by molar-refractivity contribution is -0.0389. The molecule has 3 fully saturated rings. The van der Waals surface area contributed by atoms with Gasteiger partial charge in [0.1, 0.15) is 36.1 Å². The Labute approximate surface area is 270 Å². The Balaban J connectivity index is 1.03. The van der Waals surface area contributed by atoms with Crippen molar-refractivity contribution in [1.29, 1.82) is 0 Å². The van der Waals surface area contributed by atoms with Crippen LogP contribution in [-0.2, 0) is 32.0 Å². The summed E-state index contributed by atoms with van der Waals surface area (Å²) in [6.07, 6.45) is 2.44. The van der Waals surface area contributed by atoms with Crippen molar-refractivity contribution in [1.82, 2.24) is 29.1 Å². The molecule has 46 heavy (non-hydrogen) atoms. The Hall–Kier alpha value is -2.74. The van der Waals surface area contributed by atoms with Gasteiger partial charge in [-0.15, -0.1) is 10.2 Å². The number of Topliss-reactive ketones (excluding diaryl/α,β-unsaturated/α-hetero) is 1. The molecule has 3 N–H and O–H groups in total. The average molecular weight is 712 g/mol. The van der Waals surface area contributed by atoms with Crippen molar-refractivity contribution in [3.63, 3.8) is 0 Å². The van der Waals surface area contributed by atoms with Crippen LogP contribution in [0.25, 0.3) is 11.2 Å². The van der Waals surface area contributed by atoms with Crippen LogP contribution in [0.1, 0.15) is 36.1 Å². The van der Waals surface area contributed by atoms with Crippen molar-refractivity contribution in [2.45, 2.75) is 43.9 Å². The summed E-state index contributed by atoms with van der Waals surface area (Å²) in [5, 5.41) is 14.5. The minimum atomic E-state index is -3.95. The predicted molar refractivity (Wildman–Crippen MR) is 166 cm³/mol. The highest BCUT2D eigenvalue weighted by Gasteiger charge is 2.51. The smallest absolute Gasteiger partial charge is 0.382 e. The largest absolute Gasteiger partial charge is 0.386 e. The highest BCUT2D eigenvalue weighted by atomic mass is 32.7. The molecule has 3 unspecified atom stereocenters. The lowest BCUT2D eigenvalue weighted by Crippen LogP contribution is -2.44. The van der Waals surface area contributed by atoms with E-state index in [0.29, 0.717) is 29.2 Å². The van der Waals surface area contributed by atoms with Crippen LogP contribution in [0.5, 0.6) is 0 Å². The fourth-order valence-corrected chi connectivity index (χ4v) is 9.30. The first-order valence-electron chi connectivity index (χ1n) is 14.2. The van der Waals surface area contributed by atoms with E-state index in [1.165, 1.54) is 12.7 Å². The van der Waals surface area contributed by atoms with Crippen molar-refractivity contribution in [3.8, 4) is 0 Å². The standard InChI is InChI=1S/C23H27N11O8P2S2/c1-9-18-13(41-23(9)34-8-28-16-19(24)25-6-26-21(16)34)5-40-43(36,45)39-4-11-10(3-38-44(37,46)42-18)2-12(11)33-7-27-15-17(35)14-20(29-22(15)33)31-32-30-14/h6-14,18,23H,2-5H2,1H3,(H,36,45)(H,37,46)(H2,24,25,26)(H,29,30,31)/t9-,10-,11-,12-,13-,14?,18+,23-,43?,44?/m1/s1. The number of nitrogens with one attached hydrogen (secondary N) is 1. The van der Waals surface area contributed by atoms with Crippen molar-refractivity contribution in [3.05, 3.63) is 24.7 Å². The summed E-state index contributed by atoms with van der Waals surface area (Å²) >= 11 is 8.51. The minimum Gasteiger partial charge on any atom is -0.382 e. The summed E-state index contributed by atoms with van der Waals surface area (Å²) < 4.78 is 60.0. The monoisotopic (exact) mass is 711 g/mol. The number of fused-ring (bicyclic) bond motifs is 5. The number of thiol groups is 2. The fourth-order valence-electron chi connectivity index (χ4n) is 6.52. The average Bonchev–Trinajstić information content (AvgIpc) is 3.79. The molecule has 244 valence electrons. The molecule has 1 saturated carbocycles. The topological polar surface area (TPSA) is 234 Å². The van der Waals surface area contributed by atoms with Gasteiger partial charge in [-0.3, -0.25) is 18.4 Å². The maximum atomic E-state index is 13.6. The molecule has 0 radical (unpaired) electrons. The Morgan fingerprint density at radius 1 is 1.02 bits per heavy atom. The molecular weight excluding hydrogens is 684 g/mol. The van der Waals surface area contributed by atoms with Crippen LogP contribution < -0.4 is 11.1 Å². The fraction of sp³-hybridized carbons (Fsp3) is 0.565. The van der Waals surface area contributed by atoms with Crippen LogP contribution in [0.15, 0.2) is 34.4 Å². The van der Waals surface area contributed by atoms with E-state index in [9.17, 15) is 13.9 Å². The molecule has 5 aliphatic rings. The Bertz CT molecular complexity index is 1910. The zero-order chi connectivity index (χ0) is 32.0. The van der Waals surface area contributed by atoms with Gasteiger partial charge in [-0.2, -0.15) is 0 Å². The SMILES string of the molecule is C[C@@H]1[C@@H]2OP(=O)(S)OC[C@H]3C[C@@H](n4cnc5c4NC4=NN=NC4C5=O)[C@@H]3COP(=O)(S)OC[C@H]2O[C@H]1n1cnc2c(N)ncnc21. The Kier molecular flexibility index (Phi) is 7.43. The molecule has 19 nitrogen and oxygen atoms in total. The normalized spacial score (nSPS) is 39.1. The number of amidine groups is 1. The molecule has 10 atom stereocenters. The molecule has 3 aromatic heterocycles. The van der Waals surface area contributed by atoms with Crippen LogP contribution in [-0.4, -0.2) is 78.8 Å². The highest BCUT2D eigenvalue weighted by molar-refractivity contribution is 8.44. The van der Waals surface area contributed by atoms with Crippen LogP contribution in [0.2, 0.25) is 0 Å². The number of ether oxygens (including phenoxy) is 1. The lowest BCUT2D eigenvalue weighted by atomic mass is 9.70. The van der Waals surface area contributed by atoms with E-state index >= 15 is 0 Å². The van der Waals surface area contributed by atoms with Crippen molar-refractivity contribution >= 4 is 72.5 Å². The van der Waals surface area contributed by atoms with Crippen LogP contribution in [0, 0.1) is 17.8 Å². The number of nitrogen functional groups attached to an aromatic ring is 1. The van der Waals surface area contributed by atoms with Gasteiger partial charge in [-0.05, 0) is 17.6 Å². The summed E-state index contributed by atoms with van der Waals surface area (Å²) in [5.41, 5.74) is 6.99. The maximum Gasteiger partial charge on any atom is 0.386 e. The summed E-state index contributed by atoms with van der Waals surface area (Å²) in [6, 6.07) is -1.10. The van der Waals surface area contributed by atoms with Crippen LogP contribution in [0.4, 0.5) is 11.6 Å². The van der Waals surface area contributed by atoms with E-state index in [0.717, 1.165) is 0 Å². The number of hydrogen-bond acceptors (Lipinski definition) is 17. The third kappa shape index (κ3) is 5.12. The first-order valence-corrected chi connectivity index (χ1v) is 19.6. The predicted octanol–water partition coefficient (Wildman–Crippen LogP) is 3.30. The van der Waals surface area contributed by atoms with E-state index in [4.69, 9.17) is 28.6 Å². The van der Waals surface area contributed by atoms with Gasteiger partial charge in [0.2, 0.25) is 5.78 Å². The second-order valence-electron chi connectivity index (χ2n) is 11.6. The zero-order valence-electron chi connectivity index (χ0n) is 23.8. The van der Waals surface area contributed by atoms with Crippen molar-refractivity contribution in [2.75, 3.05) is 30.9 Å². The summed E-state index contributed by atoms with van der Waals surface area (Å²) in [6.45, 7) is -6.38. The molecule has 0 spiro atoms. The third-order valence-electron chi connectivity index (χ3n) is 8.95. The highest BCUT2D eigenvalue weighted by Crippen LogP contribution is 2.61. The van der Waals surface area contributed by atoms with Gasteiger partial charge in [-0.25, -0.2) is 29.1 Å². The quantitative estimate of drug-likeness (QED) is 0.221. The molecule has 0 bridgehead atoms. The summed E-state index contributed by atoms with van der Waals surface area (Å²) in [4.78, 5) is 29.8. The molecule has 4 aliphatic heterocycles. The van der Waals surface area contributed by atoms with Crippen LogP contribution >= 0.6 is 38.1 Å².